The van der Waals surface area contributed by atoms with Gasteiger partial charge in [-0.1, -0.05) is 36.4 Å². The van der Waals surface area contributed by atoms with Crippen LogP contribution in [0.2, 0.25) is 0 Å². The third kappa shape index (κ3) is 2.78. The minimum absolute atomic E-state index is 0.930. The van der Waals surface area contributed by atoms with Gasteiger partial charge in [-0.15, -0.1) is 0 Å². The highest BCUT2D eigenvalue weighted by molar-refractivity contribution is 6.14. The summed E-state index contributed by atoms with van der Waals surface area (Å²) in [6.07, 6.45) is 3.73. The Morgan fingerprint density at radius 2 is 0.881 bits per heavy atom. The molecule has 6 aromatic heterocycles. The van der Waals surface area contributed by atoms with Crippen molar-refractivity contribution in [3.8, 4) is 11.1 Å². The average molecular weight is 537 g/mol. The summed E-state index contributed by atoms with van der Waals surface area (Å²) in [4.78, 5) is 19.7. The number of rotatable bonds is 1. The van der Waals surface area contributed by atoms with Crippen LogP contribution in [0, 0.1) is 0 Å². The van der Waals surface area contributed by atoms with Crippen molar-refractivity contribution in [1.29, 1.82) is 0 Å². The molecule has 10 rings (SSSR count). The number of nitrogens with zero attached hydrogens (tertiary/aromatic N) is 6. The molecule has 0 bridgehead atoms. The Hall–Kier alpha value is -5.88. The molecule has 6 heterocycles. The molecule has 0 atom stereocenters. The van der Waals surface area contributed by atoms with Gasteiger partial charge < -0.3 is 0 Å². The van der Waals surface area contributed by atoms with Gasteiger partial charge in [-0.05, 0) is 83.9 Å². The molecule has 4 aromatic carbocycles. The van der Waals surface area contributed by atoms with Gasteiger partial charge in [-0.3, -0.25) is 18.8 Å². The zero-order valence-electron chi connectivity index (χ0n) is 22.2. The first-order chi connectivity index (χ1) is 20.8. The van der Waals surface area contributed by atoms with E-state index in [1.54, 1.807) is 0 Å². The Morgan fingerprint density at radius 3 is 1.38 bits per heavy atom. The van der Waals surface area contributed by atoms with E-state index in [4.69, 9.17) is 19.9 Å². The van der Waals surface area contributed by atoms with E-state index >= 15 is 0 Å². The number of para-hydroxylation sites is 4. The average Bonchev–Trinajstić information content (AvgIpc) is 3.64. The smallest absolute Gasteiger partial charge is 0.147 e. The summed E-state index contributed by atoms with van der Waals surface area (Å²) < 4.78 is 4.52. The van der Waals surface area contributed by atoms with Crippen LogP contribution in [-0.4, -0.2) is 28.7 Å². The normalized spacial score (nSPS) is 12.3. The molecule has 0 N–H and O–H groups in total. The standard InChI is InChI=1S/C36H20N6/c1-3-11-31-27(9-1)39-35-23-7-5-17-37-33(23)25-19-21(13-15-29(25)41(31)35)22-14-16-30-26(20-22)34-24(8-6-18-38-34)36-40-28-10-2-4-12-32(28)42(30)36/h1-20H. The molecule has 0 aliphatic heterocycles. The van der Waals surface area contributed by atoms with Crippen molar-refractivity contribution in [3.05, 3.63) is 122 Å². The van der Waals surface area contributed by atoms with Gasteiger partial charge in [0.1, 0.15) is 11.3 Å². The van der Waals surface area contributed by atoms with Gasteiger partial charge in [0.05, 0.1) is 44.1 Å². The van der Waals surface area contributed by atoms with Crippen molar-refractivity contribution in [2.75, 3.05) is 0 Å². The molecular formula is C36H20N6. The predicted octanol–water partition coefficient (Wildman–Crippen LogP) is 8.36. The van der Waals surface area contributed by atoms with Gasteiger partial charge >= 0.3 is 0 Å². The van der Waals surface area contributed by atoms with Gasteiger partial charge in [-0.25, -0.2) is 9.97 Å². The maximum Gasteiger partial charge on any atom is 0.147 e. The lowest BCUT2D eigenvalue weighted by Crippen LogP contribution is -1.95. The van der Waals surface area contributed by atoms with E-state index < -0.39 is 0 Å². The molecule has 0 fully saturated rings. The number of fused-ring (bicyclic) bond motifs is 16. The highest BCUT2D eigenvalue weighted by atomic mass is 15.0. The first kappa shape index (κ1) is 21.9. The second kappa shape index (κ2) is 7.86. The molecule has 0 radical (unpaired) electrons. The predicted molar refractivity (Wildman–Crippen MR) is 170 cm³/mol. The summed E-state index contributed by atoms with van der Waals surface area (Å²) in [5, 5.41) is 4.28. The van der Waals surface area contributed by atoms with E-state index in [-0.39, 0.29) is 0 Å². The highest BCUT2D eigenvalue weighted by Crippen LogP contribution is 2.37. The number of aromatic nitrogens is 6. The van der Waals surface area contributed by atoms with E-state index in [1.807, 2.05) is 36.7 Å². The second-order valence-electron chi connectivity index (χ2n) is 10.8. The van der Waals surface area contributed by atoms with Crippen LogP contribution in [0.25, 0.3) is 88.1 Å². The van der Waals surface area contributed by atoms with Gasteiger partial charge in [0.25, 0.3) is 0 Å². The molecule has 0 aliphatic carbocycles. The molecule has 42 heavy (non-hydrogen) atoms. The summed E-state index contributed by atoms with van der Waals surface area (Å²) in [5.41, 5.74) is 12.3. The minimum Gasteiger partial charge on any atom is -0.292 e. The summed E-state index contributed by atoms with van der Waals surface area (Å²) >= 11 is 0. The molecule has 0 saturated heterocycles. The Labute approximate surface area is 238 Å². The summed E-state index contributed by atoms with van der Waals surface area (Å²) in [6, 6.07) is 38.1. The highest BCUT2D eigenvalue weighted by Gasteiger charge is 2.17. The third-order valence-corrected chi connectivity index (χ3v) is 8.54. The summed E-state index contributed by atoms with van der Waals surface area (Å²) in [7, 11) is 0. The lowest BCUT2D eigenvalue weighted by molar-refractivity contribution is 1.30. The molecule has 0 aliphatic rings. The van der Waals surface area contributed by atoms with Crippen LogP contribution in [-0.2, 0) is 0 Å². The Balaban J connectivity index is 1.30. The fourth-order valence-corrected chi connectivity index (χ4v) is 6.70. The number of pyridine rings is 4. The van der Waals surface area contributed by atoms with E-state index in [1.165, 1.54) is 0 Å². The zero-order valence-corrected chi connectivity index (χ0v) is 22.2. The Morgan fingerprint density at radius 1 is 0.405 bits per heavy atom. The Bertz CT molecular complexity index is 2560. The van der Waals surface area contributed by atoms with Gasteiger partial charge in [0.15, 0.2) is 0 Å². The molecule has 0 saturated carbocycles. The molecule has 194 valence electrons. The molecular weight excluding hydrogens is 516 g/mol. The van der Waals surface area contributed by atoms with E-state index in [0.29, 0.717) is 0 Å². The molecule has 6 heteroatoms. The lowest BCUT2D eigenvalue weighted by Gasteiger charge is -2.12. The van der Waals surface area contributed by atoms with Crippen LogP contribution < -0.4 is 0 Å². The van der Waals surface area contributed by atoms with Gasteiger partial charge in [-0.2, -0.15) is 0 Å². The largest absolute Gasteiger partial charge is 0.292 e. The second-order valence-corrected chi connectivity index (χ2v) is 10.8. The molecule has 0 spiro atoms. The topological polar surface area (TPSA) is 60.4 Å². The fraction of sp³-hybridized carbons (Fsp3) is 0. The summed E-state index contributed by atoms with van der Waals surface area (Å²) in [5.74, 6) is 0. The van der Waals surface area contributed by atoms with E-state index in [0.717, 1.165) is 88.1 Å². The van der Waals surface area contributed by atoms with Crippen molar-refractivity contribution < 1.29 is 0 Å². The van der Waals surface area contributed by atoms with Crippen molar-refractivity contribution in [1.82, 2.24) is 28.7 Å². The van der Waals surface area contributed by atoms with Crippen molar-refractivity contribution in [2.45, 2.75) is 0 Å². The molecule has 0 unspecified atom stereocenters. The quantitative estimate of drug-likeness (QED) is 0.198. The maximum absolute atomic E-state index is 4.99. The first-order valence-corrected chi connectivity index (χ1v) is 14.0. The molecule has 6 nitrogen and oxygen atoms in total. The van der Waals surface area contributed by atoms with Gasteiger partial charge in [0.2, 0.25) is 0 Å². The number of imidazole rings is 2. The van der Waals surface area contributed by atoms with Crippen molar-refractivity contribution in [2.24, 2.45) is 0 Å². The van der Waals surface area contributed by atoms with Crippen LogP contribution in [0.3, 0.4) is 0 Å². The molecule has 10 aromatic rings. The van der Waals surface area contributed by atoms with Gasteiger partial charge in [0, 0.05) is 33.9 Å². The monoisotopic (exact) mass is 536 g/mol. The maximum atomic E-state index is 4.99. The van der Waals surface area contributed by atoms with Crippen LogP contribution in [0.15, 0.2) is 122 Å². The molecule has 0 amide bonds. The van der Waals surface area contributed by atoms with Crippen molar-refractivity contribution >= 4 is 77.0 Å². The number of hydrogen-bond donors (Lipinski definition) is 0. The zero-order chi connectivity index (χ0) is 27.4. The SMILES string of the molecule is c1ccc2c(c1)nc1c3cccnc3c3cc(-c4ccc5c(c4)c4ncccc4c4nc6ccccc6n54)ccc3n21. The number of hydrogen-bond acceptors (Lipinski definition) is 4. The lowest BCUT2D eigenvalue weighted by atomic mass is 9.99. The summed E-state index contributed by atoms with van der Waals surface area (Å²) in [6.45, 7) is 0. The Kier molecular flexibility index (Phi) is 4.10. The van der Waals surface area contributed by atoms with Crippen LogP contribution in [0.4, 0.5) is 0 Å². The van der Waals surface area contributed by atoms with Crippen LogP contribution >= 0.6 is 0 Å². The number of benzene rings is 4. The third-order valence-electron chi connectivity index (χ3n) is 8.54. The minimum atomic E-state index is 0.930. The van der Waals surface area contributed by atoms with Crippen LogP contribution in [0.5, 0.6) is 0 Å². The fourth-order valence-electron chi connectivity index (χ4n) is 6.70. The van der Waals surface area contributed by atoms with E-state index in [2.05, 4.69) is 93.7 Å². The first-order valence-electron chi connectivity index (χ1n) is 14.0. The van der Waals surface area contributed by atoms with Crippen LogP contribution in [0.1, 0.15) is 0 Å². The van der Waals surface area contributed by atoms with Crippen molar-refractivity contribution in [3.63, 3.8) is 0 Å². The van der Waals surface area contributed by atoms with E-state index in [9.17, 15) is 0 Å².